The van der Waals surface area contributed by atoms with Gasteiger partial charge in [0.05, 0.1) is 31.6 Å². The van der Waals surface area contributed by atoms with Gasteiger partial charge < -0.3 is 19.5 Å². The molecule has 0 fully saturated rings. The second-order valence-electron chi connectivity index (χ2n) is 6.86. The summed E-state index contributed by atoms with van der Waals surface area (Å²) < 4.78 is 10.9. The number of fused-ring (bicyclic) bond motifs is 3. The maximum absolute atomic E-state index is 10.8. The largest absolute Gasteiger partial charge is 0.493 e. The highest BCUT2D eigenvalue weighted by Crippen LogP contribution is 2.46. The fourth-order valence-corrected chi connectivity index (χ4v) is 4.19. The molecule has 138 valence electrons. The molecule has 2 aromatic carbocycles. The van der Waals surface area contributed by atoms with Gasteiger partial charge in [-0.3, -0.25) is 0 Å². The zero-order valence-corrected chi connectivity index (χ0v) is 15.5. The lowest BCUT2D eigenvalue weighted by Crippen LogP contribution is -2.43. The molecule has 0 bridgehead atoms. The second-order valence-corrected chi connectivity index (χ2v) is 6.86. The van der Waals surface area contributed by atoms with E-state index in [0.717, 1.165) is 28.8 Å². The van der Waals surface area contributed by atoms with Crippen LogP contribution in [0.25, 0.3) is 5.70 Å². The highest BCUT2D eigenvalue weighted by Gasteiger charge is 2.38. The van der Waals surface area contributed by atoms with Crippen LogP contribution in [0.2, 0.25) is 0 Å². The number of hydrogen-bond donors (Lipinski definition) is 1. The van der Waals surface area contributed by atoms with E-state index in [1.807, 2.05) is 47.4 Å². The smallest absolute Gasteiger partial charge is 0.161 e. The van der Waals surface area contributed by atoms with E-state index in [4.69, 9.17) is 9.47 Å². The third kappa shape index (κ3) is 2.83. The lowest BCUT2D eigenvalue weighted by Gasteiger charge is -2.43. The predicted molar refractivity (Wildman–Crippen MR) is 102 cm³/mol. The maximum atomic E-state index is 10.8. The number of nitrogens with zero attached hydrogens (tertiary/aromatic N) is 2. The first-order valence-corrected chi connectivity index (χ1v) is 9.07. The first-order valence-electron chi connectivity index (χ1n) is 9.07. The van der Waals surface area contributed by atoms with E-state index in [1.165, 1.54) is 0 Å². The molecule has 0 aliphatic carbocycles. The molecular weight excluding hydrogens is 340 g/mol. The Morgan fingerprint density at radius 3 is 2.48 bits per heavy atom. The Balaban J connectivity index is 1.94. The van der Waals surface area contributed by atoms with Gasteiger partial charge in [0.2, 0.25) is 0 Å². The van der Waals surface area contributed by atoms with Crippen LogP contribution in [0.3, 0.4) is 0 Å². The van der Waals surface area contributed by atoms with Gasteiger partial charge in [-0.1, -0.05) is 30.3 Å². The van der Waals surface area contributed by atoms with Gasteiger partial charge in [-0.2, -0.15) is 5.26 Å². The van der Waals surface area contributed by atoms with Crippen LogP contribution in [-0.2, 0) is 6.42 Å². The van der Waals surface area contributed by atoms with Gasteiger partial charge in [0, 0.05) is 24.4 Å². The third-order valence-corrected chi connectivity index (χ3v) is 5.51. The van der Waals surface area contributed by atoms with E-state index in [2.05, 4.69) is 6.07 Å². The lowest BCUT2D eigenvalue weighted by molar-refractivity contribution is 0.0264. The van der Waals surface area contributed by atoms with Gasteiger partial charge in [-0.05, 0) is 29.7 Å². The summed E-state index contributed by atoms with van der Waals surface area (Å²) in [6.07, 6.45) is 0.674. The molecule has 1 N–H and O–H groups in total. The number of aliphatic hydroxyl groups is 1. The molecule has 0 aromatic heterocycles. The van der Waals surface area contributed by atoms with Crippen LogP contribution in [-0.4, -0.2) is 37.0 Å². The van der Waals surface area contributed by atoms with Gasteiger partial charge in [0.25, 0.3) is 0 Å². The van der Waals surface area contributed by atoms with Crippen LogP contribution >= 0.6 is 0 Å². The number of ether oxygens (including phenoxy) is 2. The van der Waals surface area contributed by atoms with E-state index < -0.39 is 6.23 Å². The minimum absolute atomic E-state index is 0.128. The molecule has 0 radical (unpaired) electrons. The summed E-state index contributed by atoms with van der Waals surface area (Å²) >= 11 is 0. The van der Waals surface area contributed by atoms with Crippen molar-refractivity contribution in [1.29, 1.82) is 5.26 Å². The van der Waals surface area contributed by atoms with Crippen molar-refractivity contribution < 1.29 is 14.6 Å². The van der Waals surface area contributed by atoms with Crippen molar-refractivity contribution in [2.75, 3.05) is 20.8 Å². The van der Waals surface area contributed by atoms with E-state index in [1.54, 1.807) is 14.2 Å². The van der Waals surface area contributed by atoms with Crippen molar-refractivity contribution in [2.24, 2.45) is 0 Å². The molecule has 5 heteroatoms. The Kier molecular flexibility index (Phi) is 4.51. The molecule has 0 saturated heterocycles. The van der Waals surface area contributed by atoms with Crippen molar-refractivity contribution >= 4 is 5.70 Å². The van der Waals surface area contributed by atoms with Gasteiger partial charge in [-0.15, -0.1) is 0 Å². The average Bonchev–Trinajstić information content (AvgIpc) is 2.72. The summed E-state index contributed by atoms with van der Waals surface area (Å²) in [6.45, 7) is 0.672. The number of hydrogen-bond acceptors (Lipinski definition) is 5. The SMILES string of the molecule is COc1cc2c(cc1OC)C1=C(C#N)C(c3ccccc3)CC(O)N1CC2. The summed E-state index contributed by atoms with van der Waals surface area (Å²) in [7, 11) is 3.22. The molecular formula is C22H22N2O3. The molecule has 5 nitrogen and oxygen atoms in total. The lowest BCUT2D eigenvalue weighted by atomic mass is 9.80. The topological polar surface area (TPSA) is 65.7 Å². The molecule has 2 heterocycles. The molecule has 0 amide bonds. The van der Waals surface area contributed by atoms with Gasteiger partial charge in [-0.25, -0.2) is 0 Å². The van der Waals surface area contributed by atoms with Gasteiger partial charge in [0.15, 0.2) is 11.5 Å². The van der Waals surface area contributed by atoms with Crippen LogP contribution in [0, 0.1) is 11.3 Å². The predicted octanol–water partition coefficient (Wildman–Crippen LogP) is 3.30. The second kappa shape index (κ2) is 6.98. The van der Waals surface area contributed by atoms with Crippen LogP contribution in [0.1, 0.15) is 29.0 Å². The fraction of sp³-hybridized carbons (Fsp3) is 0.318. The van der Waals surface area contributed by atoms with E-state index >= 15 is 0 Å². The molecule has 2 aliphatic heterocycles. The Morgan fingerprint density at radius 2 is 1.81 bits per heavy atom. The molecule has 4 rings (SSSR count). The summed E-state index contributed by atoms with van der Waals surface area (Å²) in [5, 5.41) is 20.9. The third-order valence-electron chi connectivity index (χ3n) is 5.51. The zero-order valence-electron chi connectivity index (χ0n) is 15.5. The zero-order chi connectivity index (χ0) is 19.0. The van der Waals surface area contributed by atoms with Crippen molar-refractivity contribution in [3.05, 3.63) is 64.7 Å². The summed E-state index contributed by atoms with van der Waals surface area (Å²) in [5.74, 6) is 1.18. The standard InChI is InChI=1S/C22H22N2O3/c1-26-19-10-15-8-9-24-21(25)12-16(14-6-4-3-5-7-14)18(13-23)22(24)17(15)11-20(19)27-2/h3-7,10-11,16,21,25H,8-9,12H2,1-2H3. The number of methoxy groups -OCH3 is 2. The van der Waals surface area contributed by atoms with Crippen molar-refractivity contribution in [3.63, 3.8) is 0 Å². The molecule has 2 atom stereocenters. The monoisotopic (exact) mass is 362 g/mol. The fourth-order valence-electron chi connectivity index (χ4n) is 4.19. The number of nitriles is 1. The van der Waals surface area contributed by atoms with Crippen LogP contribution < -0.4 is 9.47 Å². The molecule has 2 aromatic rings. The Bertz CT molecular complexity index is 931. The van der Waals surface area contributed by atoms with Crippen LogP contribution in [0.15, 0.2) is 48.0 Å². The maximum Gasteiger partial charge on any atom is 0.161 e. The first kappa shape index (κ1) is 17.4. The van der Waals surface area contributed by atoms with E-state index in [-0.39, 0.29) is 5.92 Å². The molecule has 2 aliphatic rings. The molecule has 0 saturated carbocycles. The molecule has 0 spiro atoms. The van der Waals surface area contributed by atoms with Crippen molar-refractivity contribution in [2.45, 2.75) is 25.0 Å². The summed E-state index contributed by atoms with van der Waals surface area (Å²) in [5.41, 5.74) is 4.60. The number of benzene rings is 2. The summed E-state index contributed by atoms with van der Waals surface area (Å²) in [6, 6.07) is 16.3. The minimum Gasteiger partial charge on any atom is -0.493 e. The van der Waals surface area contributed by atoms with Gasteiger partial charge >= 0.3 is 0 Å². The quantitative estimate of drug-likeness (QED) is 0.907. The van der Waals surface area contributed by atoms with Crippen LogP contribution in [0.5, 0.6) is 11.5 Å². The summed E-state index contributed by atoms with van der Waals surface area (Å²) in [4.78, 5) is 1.95. The number of aliphatic hydroxyl groups excluding tert-OH is 1. The average molecular weight is 362 g/mol. The highest BCUT2D eigenvalue weighted by molar-refractivity contribution is 5.78. The van der Waals surface area contributed by atoms with Gasteiger partial charge in [0.1, 0.15) is 6.23 Å². The number of rotatable bonds is 3. The van der Waals surface area contributed by atoms with Crippen molar-refractivity contribution in [3.8, 4) is 17.6 Å². The highest BCUT2D eigenvalue weighted by atomic mass is 16.5. The van der Waals surface area contributed by atoms with E-state index in [9.17, 15) is 10.4 Å². The Morgan fingerprint density at radius 1 is 1.11 bits per heavy atom. The number of allylic oxidation sites excluding steroid dienone is 1. The normalized spacial score (nSPS) is 21.2. The molecule has 2 unspecified atom stereocenters. The molecule has 27 heavy (non-hydrogen) atoms. The first-order chi connectivity index (χ1) is 13.2. The Labute approximate surface area is 159 Å². The Hall–Kier alpha value is -2.97. The van der Waals surface area contributed by atoms with Crippen LogP contribution in [0.4, 0.5) is 0 Å². The van der Waals surface area contributed by atoms with Crippen molar-refractivity contribution in [1.82, 2.24) is 4.90 Å². The van der Waals surface area contributed by atoms with E-state index in [0.29, 0.717) is 30.0 Å². The minimum atomic E-state index is -0.622.